The monoisotopic (exact) mass is 198 g/mol. The summed E-state index contributed by atoms with van der Waals surface area (Å²) in [6.07, 6.45) is 9.23. The molecule has 82 valence electrons. The molecule has 1 fully saturated rings. The van der Waals surface area contributed by atoms with Crippen LogP contribution in [0, 0.1) is 11.8 Å². The largest absolute Gasteiger partial charge is 0.481 e. The third kappa shape index (κ3) is 4.64. The first-order valence-electron chi connectivity index (χ1n) is 5.90. The Morgan fingerprint density at radius 3 is 2.64 bits per heavy atom. The highest BCUT2D eigenvalue weighted by Gasteiger charge is 2.17. The molecule has 1 aliphatic carbocycles. The summed E-state index contributed by atoms with van der Waals surface area (Å²) in [5, 5.41) is 8.51. The van der Waals surface area contributed by atoms with Gasteiger partial charge in [-0.2, -0.15) is 0 Å². The summed E-state index contributed by atoms with van der Waals surface area (Å²) >= 11 is 0. The van der Waals surface area contributed by atoms with Crippen molar-refractivity contribution in [1.82, 2.24) is 0 Å². The maximum atomic E-state index is 10.3. The van der Waals surface area contributed by atoms with E-state index < -0.39 is 5.97 Å². The second-order valence-corrected chi connectivity index (χ2v) is 4.78. The van der Waals surface area contributed by atoms with Gasteiger partial charge in [-0.25, -0.2) is 0 Å². The summed E-state index contributed by atoms with van der Waals surface area (Å²) < 4.78 is 0. The van der Waals surface area contributed by atoms with Crippen molar-refractivity contribution in [3.63, 3.8) is 0 Å². The molecule has 14 heavy (non-hydrogen) atoms. The van der Waals surface area contributed by atoms with Gasteiger partial charge in [-0.3, -0.25) is 4.79 Å². The van der Waals surface area contributed by atoms with Crippen LogP contribution in [0.3, 0.4) is 0 Å². The topological polar surface area (TPSA) is 37.3 Å². The molecule has 1 N–H and O–H groups in total. The van der Waals surface area contributed by atoms with Crippen molar-refractivity contribution in [1.29, 1.82) is 0 Å². The molecule has 1 aliphatic rings. The summed E-state index contributed by atoms with van der Waals surface area (Å²) in [6, 6.07) is 0. The average molecular weight is 198 g/mol. The van der Waals surface area contributed by atoms with E-state index in [0.717, 1.165) is 24.7 Å². The SMILES string of the molecule is CC(CCCC(=O)O)CC1CCCC1. The van der Waals surface area contributed by atoms with Crippen LogP contribution in [0.1, 0.15) is 58.3 Å². The molecule has 0 aromatic heterocycles. The molecule has 2 heteroatoms. The summed E-state index contributed by atoms with van der Waals surface area (Å²) in [5.41, 5.74) is 0. The van der Waals surface area contributed by atoms with Gasteiger partial charge in [0.2, 0.25) is 0 Å². The molecular weight excluding hydrogens is 176 g/mol. The number of carboxylic acid groups (broad SMARTS) is 1. The van der Waals surface area contributed by atoms with Crippen molar-refractivity contribution in [3.05, 3.63) is 0 Å². The van der Waals surface area contributed by atoms with Crippen molar-refractivity contribution < 1.29 is 9.90 Å². The van der Waals surface area contributed by atoms with Crippen LogP contribution >= 0.6 is 0 Å². The van der Waals surface area contributed by atoms with Gasteiger partial charge in [0.1, 0.15) is 0 Å². The molecule has 2 nitrogen and oxygen atoms in total. The Morgan fingerprint density at radius 1 is 1.43 bits per heavy atom. The van der Waals surface area contributed by atoms with Crippen LogP contribution in [0.15, 0.2) is 0 Å². The number of rotatable bonds is 6. The molecule has 0 aliphatic heterocycles. The van der Waals surface area contributed by atoms with Crippen molar-refractivity contribution >= 4 is 5.97 Å². The molecule has 0 radical (unpaired) electrons. The van der Waals surface area contributed by atoms with E-state index in [9.17, 15) is 4.79 Å². The molecule has 0 spiro atoms. The van der Waals surface area contributed by atoms with E-state index in [1.807, 2.05) is 0 Å². The van der Waals surface area contributed by atoms with E-state index in [4.69, 9.17) is 5.11 Å². The molecule has 0 saturated heterocycles. The Morgan fingerprint density at radius 2 is 2.07 bits per heavy atom. The molecular formula is C12H22O2. The van der Waals surface area contributed by atoms with E-state index in [1.54, 1.807) is 0 Å². The Labute approximate surface area is 86.7 Å². The van der Waals surface area contributed by atoms with E-state index in [0.29, 0.717) is 6.42 Å². The Hall–Kier alpha value is -0.530. The zero-order valence-electron chi connectivity index (χ0n) is 9.17. The molecule has 0 aromatic rings. The van der Waals surface area contributed by atoms with Crippen LogP contribution in [0.2, 0.25) is 0 Å². The quantitative estimate of drug-likeness (QED) is 0.709. The fourth-order valence-electron chi connectivity index (χ4n) is 2.53. The average Bonchev–Trinajstić information content (AvgIpc) is 2.56. The maximum Gasteiger partial charge on any atom is 0.303 e. The van der Waals surface area contributed by atoms with Crippen molar-refractivity contribution in [2.75, 3.05) is 0 Å². The summed E-state index contributed by atoms with van der Waals surface area (Å²) in [6.45, 7) is 2.26. The maximum absolute atomic E-state index is 10.3. The van der Waals surface area contributed by atoms with Crippen LogP contribution in [0.5, 0.6) is 0 Å². The van der Waals surface area contributed by atoms with E-state index in [2.05, 4.69) is 6.92 Å². The Kier molecular flexibility index (Phi) is 4.99. The van der Waals surface area contributed by atoms with Crippen LogP contribution in [-0.2, 0) is 4.79 Å². The van der Waals surface area contributed by atoms with Crippen molar-refractivity contribution in [2.24, 2.45) is 11.8 Å². The molecule has 0 bridgehead atoms. The lowest BCUT2D eigenvalue weighted by Crippen LogP contribution is -2.04. The first-order chi connectivity index (χ1) is 6.68. The molecule has 1 saturated carbocycles. The lowest BCUT2D eigenvalue weighted by molar-refractivity contribution is -0.137. The third-order valence-corrected chi connectivity index (χ3v) is 3.30. The second-order valence-electron chi connectivity index (χ2n) is 4.78. The predicted molar refractivity (Wildman–Crippen MR) is 57.2 cm³/mol. The fraction of sp³-hybridized carbons (Fsp3) is 0.917. The zero-order valence-corrected chi connectivity index (χ0v) is 9.17. The fourth-order valence-corrected chi connectivity index (χ4v) is 2.53. The summed E-state index contributed by atoms with van der Waals surface area (Å²) in [4.78, 5) is 10.3. The predicted octanol–water partition coefficient (Wildman–Crippen LogP) is 3.46. The minimum absolute atomic E-state index is 0.342. The highest BCUT2D eigenvalue weighted by Crippen LogP contribution is 2.31. The Bertz CT molecular complexity index is 171. The van der Waals surface area contributed by atoms with Gasteiger partial charge in [-0.1, -0.05) is 39.0 Å². The van der Waals surface area contributed by atoms with Crippen molar-refractivity contribution in [2.45, 2.75) is 58.3 Å². The van der Waals surface area contributed by atoms with Gasteiger partial charge in [0.25, 0.3) is 0 Å². The van der Waals surface area contributed by atoms with Gasteiger partial charge in [-0.05, 0) is 24.7 Å². The van der Waals surface area contributed by atoms with E-state index >= 15 is 0 Å². The number of carbonyl (C=O) groups is 1. The number of hydrogen-bond donors (Lipinski definition) is 1. The van der Waals surface area contributed by atoms with Crippen molar-refractivity contribution in [3.8, 4) is 0 Å². The summed E-state index contributed by atoms with van der Waals surface area (Å²) in [7, 11) is 0. The van der Waals surface area contributed by atoms with Gasteiger partial charge in [0.05, 0.1) is 0 Å². The number of aliphatic carboxylic acids is 1. The number of hydrogen-bond acceptors (Lipinski definition) is 1. The van der Waals surface area contributed by atoms with Crippen LogP contribution in [0.25, 0.3) is 0 Å². The normalized spacial score (nSPS) is 19.8. The standard InChI is InChI=1S/C12H22O2/c1-10(5-4-8-12(13)14)9-11-6-2-3-7-11/h10-11H,2-9H2,1H3,(H,13,14). The lowest BCUT2D eigenvalue weighted by Gasteiger charge is -2.15. The van der Waals surface area contributed by atoms with Gasteiger partial charge < -0.3 is 5.11 Å². The second kappa shape index (κ2) is 6.05. The molecule has 0 amide bonds. The van der Waals surface area contributed by atoms with E-state index in [-0.39, 0.29) is 0 Å². The number of carboxylic acids is 1. The van der Waals surface area contributed by atoms with Gasteiger partial charge in [0, 0.05) is 6.42 Å². The molecule has 1 rings (SSSR count). The first kappa shape index (κ1) is 11.5. The van der Waals surface area contributed by atoms with Crippen LogP contribution in [0.4, 0.5) is 0 Å². The third-order valence-electron chi connectivity index (χ3n) is 3.30. The first-order valence-corrected chi connectivity index (χ1v) is 5.90. The van der Waals surface area contributed by atoms with Gasteiger partial charge >= 0.3 is 5.97 Å². The zero-order chi connectivity index (χ0) is 10.4. The lowest BCUT2D eigenvalue weighted by atomic mass is 9.91. The molecule has 1 atom stereocenters. The van der Waals surface area contributed by atoms with Crippen LogP contribution < -0.4 is 0 Å². The highest BCUT2D eigenvalue weighted by atomic mass is 16.4. The molecule has 0 aromatic carbocycles. The molecule has 1 unspecified atom stereocenters. The molecule has 0 heterocycles. The van der Waals surface area contributed by atoms with Gasteiger partial charge in [0.15, 0.2) is 0 Å². The minimum Gasteiger partial charge on any atom is -0.481 e. The summed E-state index contributed by atoms with van der Waals surface area (Å²) in [5.74, 6) is 1.00. The van der Waals surface area contributed by atoms with Crippen LogP contribution in [-0.4, -0.2) is 11.1 Å². The van der Waals surface area contributed by atoms with E-state index in [1.165, 1.54) is 32.1 Å². The smallest absolute Gasteiger partial charge is 0.303 e. The highest BCUT2D eigenvalue weighted by molar-refractivity contribution is 5.66. The Balaban J connectivity index is 2.03. The minimum atomic E-state index is -0.655. The van der Waals surface area contributed by atoms with Gasteiger partial charge in [-0.15, -0.1) is 0 Å².